The first-order chi connectivity index (χ1) is 20.2. The first-order valence-electron chi connectivity index (χ1n) is 15.1. The van der Waals surface area contributed by atoms with Crippen LogP contribution in [-0.4, -0.2) is 28.9 Å². The van der Waals surface area contributed by atoms with Crippen LogP contribution in [0, 0.1) is 12.8 Å². The van der Waals surface area contributed by atoms with Crippen molar-refractivity contribution in [3.05, 3.63) is 102 Å². The maximum atomic E-state index is 12.9. The molecule has 2 amide bonds. The van der Waals surface area contributed by atoms with Crippen LogP contribution < -0.4 is 10.6 Å². The van der Waals surface area contributed by atoms with E-state index in [2.05, 4.69) is 78.3 Å². The summed E-state index contributed by atoms with van der Waals surface area (Å²) in [5.41, 5.74) is 1.14. The van der Waals surface area contributed by atoms with E-state index in [9.17, 15) is 19.5 Å². The maximum Gasteiger partial charge on any atom is 0.336 e. The van der Waals surface area contributed by atoms with Crippen molar-refractivity contribution < 1.29 is 19.5 Å². The molecule has 1 aromatic rings. The molecule has 3 N–H and O–H groups in total. The second kappa shape index (κ2) is 22.7. The van der Waals surface area contributed by atoms with Gasteiger partial charge in [0, 0.05) is 12.1 Å². The van der Waals surface area contributed by atoms with Crippen LogP contribution in [0.15, 0.2) is 91.1 Å². The van der Waals surface area contributed by atoms with Gasteiger partial charge in [0.1, 0.15) is 6.04 Å². The number of amides is 2. The SMILES string of the molecule is CC/C=C\C/C=C\C/C=C\C/C=C\C/C=C\C/C=C\CCC(=O)NC(CC(C)C)C(=O)Nc1ccc(C)c(C(=O)O)c1. The number of carbonyl (C=O) groups excluding carboxylic acids is 2. The molecule has 1 unspecified atom stereocenters. The molecule has 6 nitrogen and oxygen atoms in total. The molecular weight excluding hydrogens is 524 g/mol. The van der Waals surface area contributed by atoms with Crippen LogP contribution in [0.2, 0.25) is 0 Å². The Morgan fingerprint density at radius 3 is 1.76 bits per heavy atom. The number of allylic oxidation sites excluding steroid dienone is 12. The van der Waals surface area contributed by atoms with Crippen molar-refractivity contribution in [3.63, 3.8) is 0 Å². The molecule has 0 heterocycles. The van der Waals surface area contributed by atoms with E-state index in [1.807, 2.05) is 26.0 Å². The maximum absolute atomic E-state index is 12.9. The van der Waals surface area contributed by atoms with Gasteiger partial charge in [-0.15, -0.1) is 0 Å². The zero-order chi connectivity index (χ0) is 31.0. The lowest BCUT2D eigenvalue weighted by Gasteiger charge is -2.20. The third-order valence-electron chi connectivity index (χ3n) is 6.23. The number of carboxylic acids is 1. The molecule has 1 rings (SSSR count). The largest absolute Gasteiger partial charge is 0.478 e. The quantitative estimate of drug-likeness (QED) is 0.136. The molecule has 0 aromatic heterocycles. The number of aromatic carboxylic acids is 1. The van der Waals surface area contributed by atoms with Crippen molar-refractivity contribution in [3.8, 4) is 0 Å². The van der Waals surface area contributed by atoms with Gasteiger partial charge in [0.15, 0.2) is 0 Å². The monoisotopic (exact) mass is 574 g/mol. The Labute approximate surface area is 253 Å². The molecule has 42 heavy (non-hydrogen) atoms. The van der Waals surface area contributed by atoms with E-state index >= 15 is 0 Å². The fraction of sp³-hybridized carbons (Fsp3) is 0.417. The summed E-state index contributed by atoms with van der Waals surface area (Å²) in [6, 6.07) is 4.06. The minimum Gasteiger partial charge on any atom is -0.478 e. The Balaban J connectivity index is 2.33. The molecule has 6 heteroatoms. The zero-order valence-electron chi connectivity index (χ0n) is 25.9. The van der Waals surface area contributed by atoms with Crippen LogP contribution in [0.25, 0.3) is 0 Å². The first kappa shape index (κ1) is 36.1. The zero-order valence-corrected chi connectivity index (χ0v) is 25.9. The minimum absolute atomic E-state index is 0.133. The van der Waals surface area contributed by atoms with Crippen LogP contribution in [-0.2, 0) is 9.59 Å². The molecule has 0 saturated heterocycles. The number of anilines is 1. The Morgan fingerprint density at radius 1 is 0.786 bits per heavy atom. The number of nitrogens with one attached hydrogen (secondary N) is 2. The van der Waals surface area contributed by atoms with Crippen molar-refractivity contribution in [1.29, 1.82) is 0 Å². The van der Waals surface area contributed by atoms with Crippen molar-refractivity contribution >= 4 is 23.5 Å². The standard InChI is InChI=1S/C36H50N2O4/c1-5-6-7-8-9-10-11-12-13-14-15-16-17-18-19-20-21-22-23-24-34(39)38-33(27-29(2)3)35(40)37-31-26-25-30(4)32(28-31)36(41)42/h6-7,9-10,12-13,15-16,18-19,21-22,25-26,28-29,33H,5,8,11,14,17,20,23-24,27H2,1-4H3,(H,37,40)(H,38,39)(H,41,42)/b7-6-,10-9-,13-12-,16-15-,19-18-,22-21-. The molecule has 1 aromatic carbocycles. The van der Waals surface area contributed by atoms with Crippen molar-refractivity contribution in [2.75, 3.05) is 5.32 Å². The third kappa shape index (κ3) is 17.7. The molecule has 228 valence electrons. The smallest absolute Gasteiger partial charge is 0.336 e. The Bertz CT molecular complexity index is 1140. The lowest BCUT2D eigenvalue weighted by Crippen LogP contribution is -2.44. The van der Waals surface area contributed by atoms with E-state index in [0.717, 1.165) is 38.5 Å². The van der Waals surface area contributed by atoms with E-state index in [1.54, 1.807) is 19.1 Å². The van der Waals surface area contributed by atoms with Gasteiger partial charge < -0.3 is 15.7 Å². The number of carboxylic acid groups (broad SMARTS) is 1. The molecule has 0 aliphatic rings. The van der Waals surface area contributed by atoms with Crippen LogP contribution in [0.4, 0.5) is 5.69 Å². The summed E-state index contributed by atoms with van der Waals surface area (Å²) in [5, 5.41) is 14.9. The van der Waals surface area contributed by atoms with Crippen molar-refractivity contribution in [1.82, 2.24) is 5.32 Å². The molecular formula is C36H50N2O4. The fourth-order valence-corrected chi connectivity index (χ4v) is 3.98. The van der Waals surface area contributed by atoms with Gasteiger partial charge in [0.2, 0.25) is 11.8 Å². The minimum atomic E-state index is -1.05. The average molecular weight is 575 g/mol. The summed E-state index contributed by atoms with van der Waals surface area (Å²) in [6.07, 6.45) is 32.8. The number of aryl methyl sites for hydroxylation is 1. The molecule has 0 radical (unpaired) electrons. The van der Waals surface area contributed by atoms with Gasteiger partial charge >= 0.3 is 5.97 Å². The highest BCUT2D eigenvalue weighted by atomic mass is 16.4. The number of hydrogen-bond acceptors (Lipinski definition) is 3. The number of carbonyl (C=O) groups is 3. The lowest BCUT2D eigenvalue weighted by molar-refractivity contribution is -0.126. The molecule has 0 bridgehead atoms. The highest BCUT2D eigenvalue weighted by Gasteiger charge is 2.22. The predicted octanol–water partition coefficient (Wildman–Crippen LogP) is 8.64. The molecule has 0 aliphatic carbocycles. The molecule has 0 spiro atoms. The number of rotatable bonds is 20. The summed E-state index contributed by atoms with van der Waals surface area (Å²) < 4.78 is 0. The summed E-state index contributed by atoms with van der Waals surface area (Å²) in [4.78, 5) is 36.8. The fourth-order valence-electron chi connectivity index (χ4n) is 3.98. The van der Waals surface area contributed by atoms with E-state index in [-0.39, 0.29) is 29.7 Å². The van der Waals surface area contributed by atoms with Gasteiger partial charge in [0.25, 0.3) is 0 Å². The highest BCUT2D eigenvalue weighted by Crippen LogP contribution is 2.17. The Hall–Kier alpha value is -3.93. The molecule has 0 aliphatic heterocycles. The van der Waals surface area contributed by atoms with E-state index < -0.39 is 12.0 Å². The van der Waals surface area contributed by atoms with Gasteiger partial charge in [-0.05, 0) is 81.9 Å². The number of benzene rings is 1. The van der Waals surface area contributed by atoms with Crippen LogP contribution in [0.5, 0.6) is 0 Å². The Morgan fingerprint density at radius 2 is 1.29 bits per heavy atom. The van der Waals surface area contributed by atoms with E-state index in [1.165, 1.54) is 6.07 Å². The van der Waals surface area contributed by atoms with E-state index in [4.69, 9.17) is 0 Å². The van der Waals surface area contributed by atoms with Gasteiger partial charge in [0.05, 0.1) is 5.56 Å². The van der Waals surface area contributed by atoms with Gasteiger partial charge in [-0.3, -0.25) is 9.59 Å². The summed E-state index contributed by atoms with van der Waals surface area (Å²) >= 11 is 0. The molecule has 0 saturated carbocycles. The topological polar surface area (TPSA) is 95.5 Å². The molecule has 0 fully saturated rings. The second-order valence-electron chi connectivity index (χ2n) is 10.5. The normalized spacial score (nSPS) is 13.1. The predicted molar refractivity (Wildman–Crippen MR) is 176 cm³/mol. The van der Waals surface area contributed by atoms with Crippen molar-refractivity contribution in [2.24, 2.45) is 5.92 Å². The average Bonchev–Trinajstić information content (AvgIpc) is 2.94. The Kier molecular flexibility index (Phi) is 19.5. The highest BCUT2D eigenvalue weighted by molar-refractivity contribution is 5.98. The second-order valence-corrected chi connectivity index (χ2v) is 10.5. The van der Waals surface area contributed by atoms with Crippen molar-refractivity contribution in [2.45, 2.75) is 91.5 Å². The molecule has 1 atom stereocenters. The van der Waals surface area contributed by atoms with E-state index in [0.29, 0.717) is 24.1 Å². The summed E-state index contributed by atoms with van der Waals surface area (Å²) in [5.74, 6) is -1.40. The summed E-state index contributed by atoms with van der Waals surface area (Å²) in [6.45, 7) is 7.81. The van der Waals surface area contributed by atoms with Crippen LogP contribution >= 0.6 is 0 Å². The number of hydrogen-bond donors (Lipinski definition) is 3. The first-order valence-corrected chi connectivity index (χ1v) is 15.1. The van der Waals surface area contributed by atoms with Crippen LogP contribution in [0.1, 0.15) is 94.5 Å². The summed E-state index contributed by atoms with van der Waals surface area (Å²) in [7, 11) is 0. The van der Waals surface area contributed by atoms with Gasteiger partial charge in [-0.2, -0.15) is 0 Å². The van der Waals surface area contributed by atoms with Gasteiger partial charge in [-0.25, -0.2) is 4.79 Å². The lowest BCUT2D eigenvalue weighted by atomic mass is 10.0. The van der Waals surface area contributed by atoms with Crippen LogP contribution in [0.3, 0.4) is 0 Å². The third-order valence-corrected chi connectivity index (χ3v) is 6.23. The van der Waals surface area contributed by atoms with Gasteiger partial charge in [-0.1, -0.05) is 99.7 Å².